The zero-order chi connectivity index (χ0) is 15.6. The van der Waals surface area contributed by atoms with E-state index in [0.717, 1.165) is 6.07 Å². The van der Waals surface area contributed by atoms with Crippen molar-refractivity contribution in [3.63, 3.8) is 0 Å². The minimum absolute atomic E-state index is 0.113. The summed E-state index contributed by atoms with van der Waals surface area (Å²) in [6.07, 6.45) is 0. The summed E-state index contributed by atoms with van der Waals surface area (Å²) < 4.78 is 41.3. The first-order valence-electron chi connectivity index (χ1n) is 5.80. The van der Waals surface area contributed by atoms with E-state index in [1.54, 1.807) is 6.07 Å². The second-order valence-corrected chi connectivity index (χ2v) is 7.17. The Balaban J connectivity index is 2.43. The smallest absolute Gasteiger partial charge is 0.264 e. The quantitative estimate of drug-likeness (QED) is 0.835. The van der Waals surface area contributed by atoms with Crippen LogP contribution in [0.4, 0.5) is 10.1 Å². The van der Waals surface area contributed by atoms with E-state index < -0.39 is 20.7 Å². The van der Waals surface area contributed by atoms with Crippen molar-refractivity contribution in [3.8, 4) is 0 Å². The highest BCUT2D eigenvalue weighted by molar-refractivity contribution is 9.10. The van der Waals surface area contributed by atoms with Crippen molar-refractivity contribution in [3.05, 3.63) is 57.3 Å². The van der Waals surface area contributed by atoms with Gasteiger partial charge < -0.3 is 5.73 Å². The molecule has 0 atom stereocenters. The van der Waals surface area contributed by atoms with Crippen LogP contribution in [-0.4, -0.2) is 8.42 Å². The van der Waals surface area contributed by atoms with Gasteiger partial charge in [0.1, 0.15) is 10.7 Å². The zero-order valence-electron chi connectivity index (χ0n) is 10.6. The maximum absolute atomic E-state index is 13.8. The monoisotopic (exact) mass is 392 g/mol. The highest BCUT2D eigenvalue weighted by Gasteiger charge is 2.20. The second kappa shape index (κ2) is 6.31. The summed E-state index contributed by atoms with van der Waals surface area (Å²) in [6, 6.07) is 8.34. The van der Waals surface area contributed by atoms with Gasteiger partial charge in [0, 0.05) is 11.0 Å². The standard InChI is InChI=1S/C13H11BrClFN2O2S/c14-9-2-4-12(10(15)6-9)18-21(19,20)13-5-8(7-17)1-3-11(13)16/h1-6,18H,7,17H2. The van der Waals surface area contributed by atoms with Crippen molar-refractivity contribution in [1.82, 2.24) is 0 Å². The van der Waals surface area contributed by atoms with Crippen molar-refractivity contribution < 1.29 is 12.8 Å². The average Bonchev–Trinajstić information content (AvgIpc) is 2.42. The molecular weight excluding hydrogens is 383 g/mol. The molecule has 0 radical (unpaired) electrons. The topological polar surface area (TPSA) is 72.2 Å². The van der Waals surface area contributed by atoms with Crippen LogP contribution in [0, 0.1) is 5.82 Å². The molecule has 112 valence electrons. The molecule has 0 spiro atoms. The first kappa shape index (κ1) is 16.2. The van der Waals surface area contributed by atoms with Gasteiger partial charge in [-0.1, -0.05) is 33.6 Å². The van der Waals surface area contributed by atoms with Gasteiger partial charge in [0.15, 0.2) is 0 Å². The summed E-state index contributed by atoms with van der Waals surface area (Å²) in [5.74, 6) is -0.854. The van der Waals surface area contributed by atoms with Gasteiger partial charge in [-0.2, -0.15) is 0 Å². The van der Waals surface area contributed by atoms with Gasteiger partial charge in [0.05, 0.1) is 10.7 Å². The van der Waals surface area contributed by atoms with E-state index >= 15 is 0 Å². The van der Waals surface area contributed by atoms with Crippen LogP contribution in [0.25, 0.3) is 0 Å². The first-order chi connectivity index (χ1) is 9.83. The number of sulfonamides is 1. The predicted molar refractivity (Wildman–Crippen MR) is 84.3 cm³/mol. The van der Waals surface area contributed by atoms with E-state index in [2.05, 4.69) is 20.7 Å². The Labute approximate surface area is 135 Å². The number of benzene rings is 2. The fourth-order valence-corrected chi connectivity index (χ4v) is 3.64. The summed E-state index contributed by atoms with van der Waals surface area (Å²) >= 11 is 9.17. The van der Waals surface area contributed by atoms with Crippen LogP contribution < -0.4 is 10.5 Å². The lowest BCUT2D eigenvalue weighted by molar-refractivity contribution is 0.569. The van der Waals surface area contributed by atoms with Gasteiger partial charge in [-0.3, -0.25) is 4.72 Å². The molecule has 0 aliphatic carbocycles. The number of rotatable bonds is 4. The Hall–Kier alpha value is -1.15. The van der Waals surface area contributed by atoms with Gasteiger partial charge in [-0.25, -0.2) is 12.8 Å². The third-order valence-electron chi connectivity index (χ3n) is 2.70. The van der Waals surface area contributed by atoms with Crippen LogP contribution in [0.3, 0.4) is 0 Å². The second-order valence-electron chi connectivity index (χ2n) is 4.20. The highest BCUT2D eigenvalue weighted by Crippen LogP contribution is 2.28. The Morgan fingerprint density at radius 2 is 1.95 bits per heavy atom. The number of nitrogens with two attached hydrogens (primary N) is 1. The fourth-order valence-electron chi connectivity index (χ4n) is 1.65. The molecule has 2 aromatic carbocycles. The molecule has 0 saturated carbocycles. The van der Waals surface area contributed by atoms with Crippen LogP contribution in [0.15, 0.2) is 45.8 Å². The molecule has 4 nitrogen and oxygen atoms in total. The molecular formula is C13H11BrClFN2O2S. The van der Waals surface area contributed by atoms with E-state index in [9.17, 15) is 12.8 Å². The van der Waals surface area contributed by atoms with Gasteiger partial charge in [0.25, 0.3) is 10.0 Å². The van der Waals surface area contributed by atoms with Crippen LogP contribution >= 0.6 is 27.5 Å². The van der Waals surface area contributed by atoms with Gasteiger partial charge >= 0.3 is 0 Å². The van der Waals surface area contributed by atoms with Crippen LogP contribution in [0.2, 0.25) is 5.02 Å². The third kappa shape index (κ3) is 3.74. The lowest BCUT2D eigenvalue weighted by atomic mass is 10.2. The van der Waals surface area contributed by atoms with Crippen LogP contribution in [0.5, 0.6) is 0 Å². The largest absolute Gasteiger partial charge is 0.326 e. The summed E-state index contributed by atoms with van der Waals surface area (Å²) in [5, 5.41) is 0.198. The minimum atomic E-state index is -4.09. The third-order valence-corrected chi connectivity index (χ3v) is 4.88. The molecule has 0 heterocycles. The van der Waals surface area contributed by atoms with E-state index in [0.29, 0.717) is 10.0 Å². The van der Waals surface area contributed by atoms with E-state index in [-0.39, 0.29) is 17.3 Å². The van der Waals surface area contributed by atoms with Gasteiger partial charge in [-0.05, 0) is 35.9 Å². The fraction of sp³-hybridized carbons (Fsp3) is 0.0769. The SMILES string of the molecule is NCc1ccc(F)c(S(=O)(=O)Nc2ccc(Br)cc2Cl)c1. The number of halogens is 3. The molecule has 0 aliphatic heterocycles. The molecule has 2 rings (SSSR count). The van der Waals surface area contributed by atoms with Gasteiger partial charge in [0.2, 0.25) is 0 Å². The van der Waals surface area contributed by atoms with E-state index in [4.69, 9.17) is 17.3 Å². The molecule has 2 aromatic rings. The normalized spacial score (nSPS) is 11.4. The van der Waals surface area contributed by atoms with E-state index in [1.165, 1.54) is 24.3 Å². The predicted octanol–water partition coefficient (Wildman–Crippen LogP) is 3.50. The molecule has 21 heavy (non-hydrogen) atoms. The Kier molecular flexibility index (Phi) is 4.88. The van der Waals surface area contributed by atoms with Gasteiger partial charge in [-0.15, -0.1) is 0 Å². The van der Waals surface area contributed by atoms with Crippen molar-refractivity contribution in [2.45, 2.75) is 11.4 Å². The zero-order valence-corrected chi connectivity index (χ0v) is 13.8. The molecule has 0 aliphatic rings. The first-order valence-corrected chi connectivity index (χ1v) is 8.45. The number of hydrogen-bond acceptors (Lipinski definition) is 3. The lowest BCUT2D eigenvalue weighted by Crippen LogP contribution is -2.15. The Bertz CT molecular complexity index is 784. The van der Waals surface area contributed by atoms with Crippen LogP contribution in [0.1, 0.15) is 5.56 Å². The summed E-state index contributed by atoms with van der Waals surface area (Å²) in [7, 11) is -4.09. The molecule has 3 N–H and O–H groups in total. The summed E-state index contributed by atoms with van der Waals surface area (Å²) in [6.45, 7) is 0.113. The lowest BCUT2D eigenvalue weighted by Gasteiger charge is -2.11. The number of anilines is 1. The van der Waals surface area contributed by atoms with Crippen molar-refractivity contribution in [2.75, 3.05) is 4.72 Å². The molecule has 0 unspecified atom stereocenters. The molecule has 8 heteroatoms. The minimum Gasteiger partial charge on any atom is -0.326 e. The maximum atomic E-state index is 13.8. The summed E-state index contributed by atoms with van der Waals surface area (Å²) in [5.41, 5.74) is 6.12. The molecule has 0 bridgehead atoms. The number of hydrogen-bond donors (Lipinski definition) is 2. The molecule has 0 saturated heterocycles. The van der Waals surface area contributed by atoms with Crippen molar-refractivity contribution in [1.29, 1.82) is 0 Å². The van der Waals surface area contributed by atoms with E-state index in [1.807, 2.05) is 0 Å². The molecule has 0 amide bonds. The van der Waals surface area contributed by atoms with Crippen molar-refractivity contribution in [2.24, 2.45) is 5.73 Å². The molecule has 0 aromatic heterocycles. The Morgan fingerprint density at radius 1 is 1.24 bits per heavy atom. The Morgan fingerprint density at radius 3 is 2.57 bits per heavy atom. The molecule has 0 fully saturated rings. The van der Waals surface area contributed by atoms with Crippen molar-refractivity contribution >= 4 is 43.2 Å². The summed E-state index contributed by atoms with van der Waals surface area (Å²) in [4.78, 5) is -0.468. The maximum Gasteiger partial charge on any atom is 0.264 e. The number of nitrogens with one attached hydrogen (secondary N) is 1. The van der Waals surface area contributed by atoms with Crippen LogP contribution in [-0.2, 0) is 16.6 Å². The highest BCUT2D eigenvalue weighted by atomic mass is 79.9. The average molecular weight is 394 g/mol.